The van der Waals surface area contributed by atoms with Gasteiger partial charge in [-0.25, -0.2) is 4.79 Å². The molecule has 2 rings (SSSR count). The second-order valence-corrected chi connectivity index (χ2v) is 5.13. The van der Waals surface area contributed by atoms with Crippen LogP contribution in [0.3, 0.4) is 0 Å². The van der Waals surface area contributed by atoms with E-state index < -0.39 is 5.97 Å². The summed E-state index contributed by atoms with van der Waals surface area (Å²) in [6.45, 7) is 0.508. The Kier molecular flexibility index (Phi) is 4.32. The number of hydrogen-bond acceptors (Lipinski definition) is 3. The van der Waals surface area contributed by atoms with Crippen molar-refractivity contribution in [2.45, 2.75) is 6.42 Å². The summed E-state index contributed by atoms with van der Waals surface area (Å²) in [5.41, 5.74) is 0.812. The number of alkyl halides is 1. The minimum Gasteiger partial charge on any atom is -0.465 e. The van der Waals surface area contributed by atoms with Crippen LogP contribution in [0.15, 0.2) is 18.2 Å². The van der Waals surface area contributed by atoms with Crippen molar-refractivity contribution in [2.24, 2.45) is 5.92 Å². The number of hydrogen-bond donors (Lipinski definition) is 0. The van der Waals surface area contributed by atoms with Crippen molar-refractivity contribution in [1.29, 1.82) is 0 Å². The summed E-state index contributed by atoms with van der Waals surface area (Å²) >= 11 is 11.7. The Labute approximate surface area is 121 Å². The summed E-state index contributed by atoms with van der Waals surface area (Å²) < 4.78 is 4.72. The molecule has 0 bridgehead atoms. The Morgan fingerprint density at radius 3 is 2.84 bits per heavy atom. The van der Waals surface area contributed by atoms with Crippen LogP contribution in [0.4, 0.5) is 5.69 Å². The molecule has 0 aromatic heterocycles. The molecule has 4 nitrogen and oxygen atoms in total. The molecule has 0 radical (unpaired) electrons. The molecule has 0 aliphatic carbocycles. The maximum Gasteiger partial charge on any atom is 0.340 e. The zero-order valence-electron chi connectivity index (χ0n) is 10.4. The van der Waals surface area contributed by atoms with E-state index in [9.17, 15) is 9.59 Å². The summed E-state index contributed by atoms with van der Waals surface area (Å²) in [6.07, 6.45) is 0.396. The fraction of sp³-hybridized carbons (Fsp3) is 0.385. The lowest BCUT2D eigenvalue weighted by molar-refractivity contribution is -0.117. The van der Waals surface area contributed by atoms with Crippen molar-refractivity contribution in [3.8, 4) is 0 Å². The predicted molar refractivity (Wildman–Crippen MR) is 74.0 cm³/mol. The highest BCUT2D eigenvalue weighted by Gasteiger charge is 2.32. The monoisotopic (exact) mass is 301 g/mol. The summed E-state index contributed by atoms with van der Waals surface area (Å²) in [5, 5.41) is 0.421. The van der Waals surface area contributed by atoms with Crippen LogP contribution >= 0.6 is 23.2 Å². The summed E-state index contributed by atoms with van der Waals surface area (Å²) in [4.78, 5) is 25.3. The highest BCUT2D eigenvalue weighted by molar-refractivity contribution is 6.31. The molecule has 102 valence electrons. The Hall–Kier alpha value is -1.26. The minimum atomic E-state index is -0.514. The van der Waals surface area contributed by atoms with Crippen molar-refractivity contribution in [3.63, 3.8) is 0 Å². The van der Waals surface area contributed by atoms with E-state index >= 15 is 0 Å². The lowest BCUT2D eigenvalue weighted by atomic mass is 10.1. The van der Waals surface area contributed by atoms with E-state index in [-0.39, 0.29) is 11.8 Å². The molecule has 1 aromatic rings. The molecule has 19 heavy (non-hydrogen) atoms. The number of benzene rings is 1. The zero-order chi connectivity index (χ0) is 14.0. The van der Waals surface area contributed by atoms with Gasteiger partial charge >= 0.3 is 5.97 Å². The highest BCUT2D eigenvalue weighted by Crippen LogP contribution is 2.30. The molecule has 0 N–H and O–H groups in total. The largest absolute Gasteiger partial charge is 0.465 e. The third-order valence-corrected chi connectivity index (χ3v) is 3.75. The van der Waals surface area contributed by atoms with Crippen molar-refractivity contribution >= 4 is 40.8 Å². The molecule has 0 saturated carbocycles. The number of carbonyl (C=O) groups is 2. The van der Waals surface area contributed by atoms with Gasteiger partial charge < -0.3 is 9.64 Å². The number of methoxy groups -OCH3 is 1. The van der Waals surface area contributed by atoms with E-state index in [0.29, 0.717) is 35.1 Å². The van der Waals surface area contributed by atoms with Crippen LogP contribution < -0.4 is 4.90 Å². The minimum absolute atomic E-state index is 0.0434. The van der Waals surface area contributed by atoms with Crippen molar-refractivity contribution in [2.75, 3.05) is 24.4 Å². The van der Waals surface area contributed by atoms with E-state index in [1.54, 1.807) is 17.0 Å². The molecule has 1 saturated heterocycles. The van der Waals surface area contributed by atoms with Gasteiger partial charge in [-0.2, -0.15) is 0 Å². The second-order valence-electron chi connectivity index (χ2n) is 4.38. The average molecular weight is 302 g/mol. The topological polar surface area (TPSA) is 46.6 Å². The third-order valence-electron chi connectivity index (χ3n) is 3.08. The van der Waals surface area contributed by atoms with Crippen molar-refractivity contribution in [3.05, 3.63) is 28.8 Å². The number of carbonyl (C=O) groups excluding carboxylic acids is 2. The summed E-state index contributed by atoms with van der Waals surface area (Å²) in [5.74, 6) is -0.0308. The summed E-state index contributed by atoms with van der Waals surface area (Å²) in [6, 6.07) is 4.80. The Morgan fingerprint density at radius 1 is 1.53 bits per heavy atom. The van der Waals surface area contributed by atoms with Gasteiger partial charge in [-0.05, 0) is 24.1 Å². The quantitative estimate of drug-likeness (QED) is 0.637. The normalized spacial score (nSPS) is 18.8. The van der Waals surface area contributed by atoms with Gasteiger partial charge in [0.1, 0.15) is 0 Å². The van der Waals surface area contributed by atoms with Gasteiger partial charge in [-0.15, -0.1) is 11.6 Å². The fourth-order valence-electron chi connectivity index (χ4n) is 2.13. The number of ether oxygens (including phenoxy) is 1. The first-order chi connectivity index (χ1) is 9.06. The second kappa shape index (κ2) is 5.80. The SMILES string of the molecule is COC(=O)c1cc(Cl)ccc1N1CC(CCl)CC1=O. The molecule has 1 amide bonds. The molecular weight excluding hydrogens is 289 g/mol. The van der Waals surface area contributed by atoms with Crippen LogP contribution in [0.5, 0.6) is 0 Å². The zero-order valence-corrected chi connectivity index (χ0v) is 11.9. The smallest absolute Gasteiger partial charge is 0.340 e. The molecule has 1 atom stereocenters. The number of amides is 1. The lowest BCUT2D eigenvalue weighted by Gasteiger charge is -2.19. The maximum absolute atomic E-state index is 12.0. The lowest BCUT2D eigenvalue weighted by Crippen LogP contribution is -2.26. The van der Waals surface area contributed by atoms with E-state index in [1.165, 1.54) is 13.2 Å². The number of halogens is 2. The predicted octanol–water partition coefficient (Wildman–Crippen LogP) is 2.72. The van der Waals surface area contributed by atoms with Gasteiger partial charge in [0.2, 0.25) is 5.91 Å². The van der Waals surface area contributed by atoms with Gasteiger partial charge in [0.15, 0.2) is 0 Å². The first-order valence-corrected chi connectivity index (χ1v) is 6.72. The van der Waals surface area contributed by atoms with Crippen LogP contribution in [0.1, 0.15) is 16.8 Å². The molecule has 1 heterocycles. The molecular formula is C13H13Cl2NO3. The van der Waals surface area contributed by atoms with Gasteiger partial charge in [0.05, 0.1) is 18.4 Å². The number of anilines is 1. The Balaban J connectivity index is 2.39. The maximum atomic E-state index is 12.0. The van der Waals surface area contributed by atoms with Crippen LogP contribution in [0.25, 0.3) is 0 Å². The summed E-state index contributed by atoms with van der Waals surface area (Å²) in [7, 11) is 1.29. The third kappa shape index (κ3) is 2.85. The molecule has 1 aliphatic heterocycles. The molecule has 0 spiro atoms. The molecule has 1 aromatic carbocycles. The Morgan fingerprint density at radius 2 is 2.26 bits per heavy atom. The van der Waals surface area contributed by atoms with Gasteiger partial charge in [0, 0.05) is 23.9 Å². The molecule has 1 unspecified atom stereocenters. The van der Waals surface area contributed by atoms with E-state index in [0.717, 1.165) is 0 Å². The van der Waals surface area contributed by atoms with Crippen LogP contribution in [-0.2, 0) is 9.53 Å². The van der Waals surface area contributed by atoms with E-state index in [1.807, 2.05) is 0 Å². The van der Waals surface area contributed by atoms with Gasteiger partial charge in [-0.1, -0.05) is 11.6 Å². The van der Waals surface area contributed by atoms with Gasteiger partial charge in [0.25, 0.3) is 0 Å². The van der Waals surface area contributed by atoms with Crippen LogP contribution in [0.2, 0.25) is 5.02 Å². The van der Waals surface area contributed by atoms with Crippen molar-refractivity contribution < 1.29 is 14.3 Å². The standard InChI is InChI=1S/C13H13Cl2NO3/c1-19-13(18)10-5-9(15)2-3-11(10)16-7-8(6-14)4-12(16)17/h2-3,5,8H,4,6-7H2,1H3. The first-order valence-electron chi connectivity index (χ1n) is 5.81. The molecule has 6 heteroatoms. The Bertz CT molecular complexity index is 519. The molecule has 1 fully saturated rings. The highest BCUT2D eigenvalue weighted by atomic mass is 35.5. The fourth-order valence-corrected chi connectivity index (χ4v) is 2.51. The van der Waals surface area contributed by atoms with Crippen LogP contribution in [0, 0.1) is 5.92 Å². The van der Waals surface area contributed by atoms with Crippen LogP contribution in [-0.4, -0.2) is 31.4 Å². The number of rotatable bonds is 3. The van der Waals surface area contributed by atoms with E-state index in [2.05, 4.69) is 0 Å². The van der Waals surface area contributed by atoms with E-state index in [4.69, 9.17) is 27.9 Å². The van der Waals surface area contributed by atoms with Gasteiger partial charge in [-0.3, -0.25) is 4.79 Å². The first kappa shape index (κ1) is 14.2. The number of esters is 1. The number of nitrogens with zero attached hydrogens (tertiary/aromatic N) is 1. The van der Waals surface area contributed by atoms with Crippen molar-refractivity contribution in [1.82, 2.24) is 0 Å². The molecule has 1 aliphatic rings. The average Bonchev–Trinajstić information content (AvgIpc) is 2.79.